The molecule has 0 fully saturated rings. The number of para-hydroxylation sites is 2. The molecule has 0 radical (unpaired) electrons. The van der Waals surface area contributed by atoms with Crippen molar-refractivity contribution in [2.24, 2.45) is 20.6 Å². The average Bonchev–Trinajstić information content (AvgIpc) is 3.17. The van der Waals surface area contributed by atoms with Crippen molar-refractivity contribution in [2.45, 2.75) is 0 Å². The van der Waals surface area contributed by atoms with Gasteiger partial charge in [-0.1, -0.05) is 93.0 Å². The molecule has 288 valence electrons. The number of nitrogens with zero attached hydrogens (tertiary/aromatic N) is 8. The minimum atomic E-state index is -0.237. The van der Waals surface area contributed by atoms with E-state index in [0.29, 0.717) is 22.5 Å². The smallest absolute Gasteiger partial charge is 0.870 e. The molecule has 0 unspecified atom stereocenters. The summed E-state index contributed by atoms with van der Waals surface area (Å²) in [7, 11) is 2.88. The Labute approximate surface area is 342 Å². The van der Waals surface area contributed by atoms with Gasteiger partial charge in [0.15, 0.2) is 26.4 Å². The van der Waals surface area contributed by atoms with E-state index < -0.39 is 0 Å². The van der Waals surface area contributed by atoms with Gasteiger partial charge in [-0.3, -0.25) is 9.97 Å². The van der Waals surface area contributed by atoms with Gasteiger partial charge in [0.2, 0.25) is 0 Å². The van der Waals surface area contributed by atoms with Crippen LogP contribution in [0.3, 0.4) is 0 Å². The van der Waals surface area contributed by atoms with Gasteiger partial charge in [-0.2, -0.15) is 10.3 Å². The van der Waals surface area contributed by atoms with Crippen LogP contribution in [0, 0.1) is 0 Å². The Balaban J connectivity index is 0. The summed E-state index contributed by atoms with van der Waals surface area (Å²) in [5.74, 6) is 0.0550. The number of aromatic nitrogens is 2. The monoisotopic (exact) mass is 860 g/mol. The van der Waals surface area contributed by atoms with Crippen LogP contribution < -0.4 is 19.7 Å². The van der Waals surface area contributed by atoms with Gasteiger partial charge in [0.25, 0.3) is 0 Å². The van der Waals surface area contributed by atoms with E-state index in [1.807, 2.05) is 36.4 Å². The molecule has 0 aliphatic rings. The van der Waals surface area contributed by atoms with Crippen molar-refractivity contribution >= 4 is 59.6 Å². The van der Waals surface area contributed by atoms with Crippen molar-refractivity contribution in [3.63, 3.8) is 0 Å². The van der Waals surface area contributed by atoms with Gasteiger partial charge in [0, 0.05) is 12.4 Å². The molecule has 0 atom stereocenters. The first-order chi connectivity index (χ1) is 25.4. The largest absolute Gasteiger partial charge is 2.00 e. The van der Waals surface area contributed by atoms with Crippen molar-refractivity contribution in [1.29, 1.82) is 0 Å². The number of hydrogen-bond donors (Lipinski definition) is 0. The van der Waals surface area contributed by atoms with Crippen LogP contribution in [0.15, 0.2) is 106 Å². The minimum absolute atomic E-state index is 0. The summed E-state index contributed by atoms with van der Waals surface area (Å²) in [6.07, 6.45) is 9.01. The van der Waals surface area contributed by atoms with Crippen LogP contribution in [0.1, 0.15) is 22.5 Å². The molecule has 20 heteroatoms. The Morgan fingerprint density at radius 1 is 0.574 bits per heavy atom. The second-order valence-electron chi connectivity index (χ2n) is 8.72. The predicted molar refractivity (Wildman–Crippen MR) is 199 cm³/mol. The van der Waals surface area contributed by atoms with Crippen LogP contribution in [-0.2, 0) is 52.3 Å². The molecule has 0 spiro atoms. The number of oxime groups is 4. The number of hydrogen-bond acceptors (Lipinski definition) is 16. The molecule has 0 bridgehead atoms. The van der Waals surface area contributed by atoms with E-state index in [1.54, 1.807) is 48.8 Å². The van der Waals surface area contributed by atoms with Gasteiger partial charge in [-0.25, -0.2) is 0 Å². The van der Waals surface area contributed by atoms with Gasteiger partial charge in [-0.05, 0) is 47.5 Å². The molecular weight excluding hydrogens is 830 g/mol. The quantitative estimate of drug-likeness (QED) is 0.0502. The average molecular weight is 862 g/mol. The first-order valence-corrected chi connectivity index (χ1v) is 15.4. The minimum Gasteiger partial charge on any atom is -0.870 e. The maximum Gasteiger partial charge on any atom is 2.00 e. The number of thiocarbonyl (C=S) groups is 2. The van der Waals surface area contributed by atoms with Gasteiger partial charge in [0.05, 0.1) is 50.5 Å². The van der Waals surface area contributed by atoms with Crippen molar-refractivity contribution in [3.05, 3.63) is 119 Å². The van der Waals surface area contributed by atoms with E-state index in [-0.39, 0.29) is 82.4 Å². The maximum atomic E-state index is 11.8. The molecule has 2 heterocycles. The van der Waals surface area contributed by atoms with Crippen LogP contribution in [-0.4, -0.2) is 85.8 Å². The molecule has 2 aromatic carbocycles. The second-order valence-corrected chi connectivity index (χ2v) is 9.09. The van der Waals surface area contributed by atoms with Crippen molar-refractivity contribution in [3.8, 4) is 23.0 Å². The fourth-order valence-electron chi connectivity index (χ4n) is 3.23. The Morgan fingerprint density at radius 2 is 0.907 bits per heavy atom. The summed E-state index contributed by atoms with van der Waals surface area (Å²) < 4.78 is 9.88. The zero-order valence-electron chi connectivity index (χ0n) is 28.5. The van der Waals surface area contributed by atoms with E-state index in [4.69, 9.17) is 39.6 Å². The Morgan fingerprint density at radius 3 is 1.20 bits per heavy atom. The molecule has 0 aliphatic heterocycles. The molecule has 0 N–H and O–H groups in total. The zero-order chi connectivity index (χ0) is 38.1. The van der Waals surface area contributed by atoms with Crippen LogP contribution in [0.2, 0.25) is 0 Å². The summed E-state index contributed by atoms with van der Waals surface area (Å²) in [6, 6.07) is 20.8. The summed E-state index contributed by atoms with van der Waals surface area (Å²) in [5.41, 5.74) is 2.18. The van der Waals surface area contributed by atoms with Crippen LogP contribution in [0.5, 0.6) is 23.0 Å². The molecule has 2 aromatic heterocycles. The third-order valence-corrected chi connectivity index (χ3v) is 5.42. The standard InChI is InChI=1S/2C16H17N3O4.2CNS.2Ni/c2*1-21-15-7-4-5-13(16(15)20)11-18-22-9-10-23-19-12-14-6-2-3-8-17-14;2*2-1-3;;/h2*2-8,11-12,20H,9-10H2,1H3;;;;/q;;2*-1;2*+2/p-2/b2*18-11+,19-12+;;;;. The molecule has 54 heavy (non-hydrogen) atoms. The first-order valence-electron chi connectivity index (χ1n) is 14.6. The molecule has 16 nitrogen and oxygen atoms in total. The van der Waals surface area contributed by atoms with E-state index in [0.717, 1.165) is 0 Å². The van der Waals surface area contributed by atoms with E-state index in [2.05, 4.69) is 55.0 Å². The van der Waals surface area contributed by atoms with Crippen LogP contribution in [0.4, 0.5) is 0 Å². The number of isothiocyanates is 2. The van der Waals surface area contributed by atoms with Crippen molar-refractivity contribution < 1.29 is 72.0 Å². The first kappa shape index (κ1) is 50.5. The zero-order valence-corrected chi connectivity index (χ0v) is 32.1. The van der Waals surface area contributed by atoms with Crippen LogP contribution >= 0.6 is 24.4 Å². The molecule has 0 saturated carbocycles. The fourth-order valence-corrected chi connectivity index (χ4v) is 3.23. The van der Waals surface area contributed by atoms with Gasteiger partial charge in [-0.15, -0.1) is 0 Å². The Bertz CT molecular complexity index is 1640. The SMILES string of the molecule is COc1cccc(/C=N/OCCO/N=C/c2ccccn2)c1[O-].COc1cccc(/C=N/OCCO/N=C/c2ccccn2)c1[O-].[N-]=C=S.[N-]=C=S.[Ni+2].[Ni+2]. The Hall–Kier alpha value is -5.59. The van der Waals surface area contributed by atoms with E-state index in [9.17, 15) is 10.2 Å². The normalized spacial score (nSPS) is 9.67. The number of methoxy groups -OCH3 is 2. The summed E-state index contributed by atoms with van der Waals surface area (Å²) >= 11 is 7.40. The van der Waals surface area contributed by atoms with E-state index >= 15 is 0 Å². The second kappa shape index (κ2) is 34.5. The third-order valence-electron chi connectivity index (χ3n) is 5.42. The molecule has 0 amide bonds. The number of benzene rings is 2. The molecule has 0 saturated heterocycles. The van der Waals surface area contributed by atoms with Gasteiger partial charge < -0.3 is 49.9 Å². The summed E-state index contributed by atoms with van der Waals surface area (Å²) in [6.45, 7) is 0.856. The van der Waals surface area contributed by atoms with Crippen LogP contribution in [0.25, 0.3) is 10.8 Å². The van der Waals surface area contributed by atoms with Crippen molar-refractivity contribution in [2.75, 3.05) is 40.6 Å². The van der Waals surface area contributed by atoms with Gasteiger partial charge >= 0.3 is 33.0 Å². The summed E-state index contributed by atoms with van der Waals surface area (Å²) in [4.78, 5) is 28.1. The molecule has 4 aromatic rings. The molecule has 0 aliphatic carbocycles. The third kappa shape index (κ3) is 23.1. The van der Waals surface area contributed by atoms with E-state index in [1.165, 1.54) is 49.4 Å². The fraction of sp³-hybridized carbons (Fsp3) is 0.176. The number of ether oxygens (including phenoxy) is 2. The molecule has 4 rings (SSSR count). The predicted octanol–water partition coefficient (Wildman–Crippen LogP) is 4.44. The summed E-state index contributed by atoms with van der Waals surface area (Å²) in [5, 5.41) is 55.5. The number of pyridine rings is 2. The Kier molecular flexibility index (Phi) is 32.3. The molecular formula is C34H32N8Ni2O8S2. The number of rotatable bonds is 16. The van der Waals surface area contributed by atoms with Gasteiger partial charge in [0.1, 0.15) is 11.5 Å². The topological polar surface area (TPSA) is 221 Å². The maximum absolute atomic E-state index is 11.8. The van der Waals surface area contributed by atoms with Crippen molar-refractivity contribution in [1.82, 2.24) is 9.97 Å².